The Kier molecular flexibility index (Phi) is 5.56. The maximum absolute atomic E-state index is 2.49. The third kappa shape index (κ3) is 2.78. The zero-order valence-electron chi connectivity index (χ0n) is 9.48. The fraction of sp³-hybridized carbons (Fsp3) is 1.00. The normalized spacial score (nSPS) is 20.5. The maximum Gasteiger partial charge on any atom is 0.0178 e. The minimum absolute atomic E-state index is 0.536. The van der Waals surface area contributed by atoms with Gasteiger partial charge < -0.3 is 4.90 Å². The van der Waals surface area contributed by atoms with Crippen molar-refractivity contribution in [2.45, 2.75) is 58.9 Å². The average Bonchev–Trinajstić information content (AvgIpc) is 2.55. The molecule has 0 heterocycles. The first-order valence-electron chi connectivity index (χ1n) is 5.40. The van der Waals surface area contributed by atoms with Gasteiger partial charge in [0, 0.05) is 5.54 Å². The van der Waals surface area contributed by atoms with Crippen LogP contribution in [0, 0.1) is 0 Å². The largest absolute Gasteiger partial charge is 0.301 e. The summed E-state index contributed by atoms with van der Waals surface area (Å²) >= 11 is 0. The van der Waals surface area contributed by atoms with Crippen LogP contribution in [0.2, 0.25) is 0 Å². The Labute approximate surface area is 78.1 Å². The third-order valence-corrected chi connectivity index (χ3v) is 3.08. The molecule has 0 unspecified atom stereocenters. The molecule has 1 nitrogen and oxygen atoms in total. The second-order valence-electron chi connectivity index (χ2n) is 3.72. The van der Waals surface area contributed by atoms with Crippen LogP contribution in [0.1, 0.15) is 53.4 Å². The van der Waals surface area contributed by atoms with E-state index in [-0.39, 0.29) is 0 Å². The molecular formula is C11H25N. The molecule has 1 heteroatoms. The first kappa shape index (κ1) is 12.0. The molecule has 1 aliphatic carbocycles. The van der Waals surface area contributed by atoms with Crippen LogP contribution < -0.4 is 0 Å². The van der Waals surface area contributed by atoms with Crippen molar-refractivity contribution in [1.29, 1.82) is 0 Å². The lowest BCUT2D eigenvalue weighted by Gasteiger charge is -2.34. The van der Waals surface area contributed by atoms with Crippen LogP contribution in [0.4, 0.5) is 0 Å². The molecule has 0 atom stereocenters. The van der Waals surface area contributed by atoms with E-state index < -0.39 is 0 Å². The van der Waals surface area contributed by atoms with E-state index in [1.165, 1.54) is 32.2 Å². The molecule has 0 bridgehead atoms. The van der Waals surface area contributed by atoms with Gasteiger partial charge in [0.25, 0.3) is 0 Å². The quantitative estimate of drug-likeness (QED) is 0.616. The molecule has 0 spiro atoms. The topological polar surface area (TPSA) is 3.24 Å². The predicted octanol–water partition coefficient (Wildman–Crippen LogP) is 3.30. The highest BCUT2D eigenvalue weighted by Crippen LogP contribution is 2.33. The Morgan fingerprint density at radius 1 is 1.17 bits per heavy atom. The molecule has 0 aromatic carbocycles. The Hall–Kier alpha value is -0.0400. The van der Waals surface area contributed by atoms with E-state index in [1.54, 1.807) is 0 Å². The smallest absolute Gasteiger partial charge is 0.0178 e. The van der Waals surface area contributed by atoms with Crippen LogP contribution in [0.25, 0.3) is 0 Å². The fourth-order valence-corrected chi connectivity index (χ4v) is 1.90. The lowest BCUT2D eigenvalue weighted by atomic mass is 9.99. The first-order chi connectivity index (χ1) is 5.69. The van der Waals surface area contributed by atoms with Crippen LogP contribution in [-0.2, 0) is 0 Å². The molecule has 1 fully saturated rings. The summed E-state index contributed by atoms with van der Waals surface area (Å²) in [6, 6.07) is 0. The lowest BCUT2D eigenvalue weighted by Crippen LogP contribution is -2.40. The molecule has 0 amide bonds. The number of rotatable bonds is 2. The van der Waals surface area contributed by atoms with Crippen molar-refractivity contribution in [3.05, 3.63) is 0 Å². The number of hydrogen-bond donors (Lipinski definition) is 0. The summed E-state index contributed by atoms with van der Waals surface area (Å²) in [5, 5.41) is 0. The minimum atomic E-state index is 0.536. The number of nitrogens with zero attached hydrogens (tertiary/aromatic N) is 1. The van der Waals surface area contributed by atoms with Crippen LogP contribution >= 0.6 is 0 Å². The molecule has 0 aromatic heterocycles. The van der Waals surface area contributed by atoms with Crippen molar-refractivity contribution in [2.75, 3.05) is 13.6 Å². The maximum atomic E-state index is 2.49. The highest BCUT2D eigenvalue weighted by molar-refractivity contribution is 4.88. The summed E-state index contributed by atoms with van der Waals surface area (Å²) in [5.74, 6) is 0. The monoisotopic (exact) mass is 171 g/mol. The van der Waals surface area contributed by atoms with Gasteiger partial charge in [-0.1, -0.05) is 33.6 Å². The highest BCUT2D eigenvalue weighted by Gasteiger charge is 2.31. The van der Waals surface area contributed by atoms with Gasteiger partial charge in [-0.05, 0) is 33.4 Å². The molecule has 0 N–H and O–H groups in total. The second kappa shape index (κ2) is 5.58. The van der Waals surface area contributed by atoms with E-state index in [2.05, 4.69) is 25.8 Å². The molecule has 1 aliphatic rings. The van der Waals surface area contributed by atoms with E-state index in [0.717, 1.165) is 0 Å². The van der Waals surface area contributed by atoms with E-state index in [0.29, 0.717) is 5.54 Å². The Morgan fingerprint density at radius 2 is 1.58 bits per heavy atom. The zero-order chi connectivity index (χ0) is 9.61. The zero-order valence-corrected chi connectivity index (χ0v) is 9.48. The average molecular weight is 171 g/mol. The van der Waals surface area contributed by atoms with Crippen LogP contribution in [0.15, 0.2) is 0 Å². The summed E-state index contributed by atoms with van der Waals surface area (Å²) in [6.07, 6.45) is 5.66. The van der Waals surface area contributed by atoms with Crippen LogP contribution in [0.5, 0.6) is 0 Å². The molecule has 12 heavy (non-hydrogen) atoms. The number of hydrogen-bond acceptors (Lipinski definition) is 1. The molecule has 0 aromatic rings. The summed E-state index contributed by atoms with van der Waals surface area (Å²) in [6.45, 7) is 9.82. The van der Waals surface area contributed by atoms with Crippen molar-refractivity contribution in [1.82, 2.24) is 4.90 Å². The Bertz CT molecular complexity index is 104. The summed E-state index contributed by atoms with van der Waals surface area (Å²) < 4.78 is 0. The molecule has 0 radical (unpaired) electrons. The van der Waals surface area contributed by atoms with Crippen molar-refractivity contribution in [2.24, 2.45) is 0 Å². The fourth-order valence-electron chi connectivity index (χ4n) is 1.90. The molecule has 0 saturated heterocycles. The Morgan fingerprint density at radius 3 is 1.92 bits per heavy atom. The summed E-state index contributed by atoms with van der Waals surface area (Å²) in [7, 11) is 2.24. The van der Waals surface area contributed by atoms with Crippen molar-refractivity contribution in [3.63, 3.8) is 0 Å². The lowest BCUT2D eigenvalue weighted by molar-refractivity contribution is 0.151. The van der Waals surface area contributed by atoms with Crippen molar-refractivity contribution in [3.8, 4) is 0 Å². The van der Waals surface area contributed by atoms with Gasteiger partial charge in [-0.2, -0.15) is 0 Å². The van der Waals surface area contributed by atoms with E-state index in [1.807, 2.05) is 13.8 Å². The van der Waals surface area contributed by atoms with Crippen LogP contribution in [0.3, 0.4) is 0 Å². The standard InChI is InChI=1S/C9H19N.C2H6/c1-4-10(3)9(2)7-5-6-8-9;1-2/h4-8H2,1-3H3;1-2H3. The molecule has 1 rings (SSSR count). The summed E-state index contributed by atoms with van der Waals surface area (Å²) in [4.78, 5) is 2.49. The predicted molar refractivity (Wildman–Crippen MR) is 56.5 cm³/mol. The van der Waals surface area contributed by atoms with E-state index in [9.17, 15) is 0 Å². The van der Waals surface area contributed by atoms with Gasteiger partial charge >= 0.3 is 0 Å². The van der Waals surface area contributed by atoms with Crippen LogP contribution in [-0.4, -0.2) is 24.0 Å². The first-order valence-corrected chi connectivity index (χ1v) is 5.40. The Balaban J connectivity index is 0.000000561. The van der Waals surface area contributed by atoms with Gasteiger partial charge in [0.1, 0.15) is 0 Å². The summed E-state index contributed by atoms with van der Waals surface area (Å²) in [5.41, 5.74) is 0.536. The second-order valence-corrected chi connectivity index (χ2v) is 3.72. The van der Waals surface area contributed by atoms with Crippen molar-refractivity contribution >= 4 is 0 Å². The molecule has 0 aliphatic heterocycles. The highest BCUT2D eigenvalue weighted by atomic mass is 15.2. The van der Waals surface area contributed by atoms with Gasteiger partial charge in [-0.25, -0.2) is 0 Å². The third-order valence-electron chi connectivity index (χ3n) is 3.08. The minimum Gasteiger partial charge on any atom is -0.301 e. The van der Waals surface area contributed by atoms with E-state index >= 15 is 0 Å². The van der Waals surface area contributed by atoms with Crippen molar-refractivity contribution < 1.29 is 0 Å². The van der Waals surface area contributed by atoms with Gasteiger partial charge in [0.2, 0.25) is 0 Å². The molecule has 1 saturated carbocycles. The SMILES string of the molecule is CC.CCN(C)C1(C)CCCC1. The van der Waals surface area contributed by atoms with E-state index in [4.69, 9.17) is 0 Å². The van der Waals surface area contributed by atoms with Gasteiger partial charge in [0.15, 0.2) is 0 Å². The molecular weight excluding hydrogens is 146 g/mol. The van der Waals surface area contributed by atoms with Gasteiger partial charge in [-0.3, -0.25) is 0 Å². The van der Waals surface area contributed by atoms with Gasteiger partial charge in [0.05, 0.1) is 0 Å². The molecule has 74 valence electrons. The van der Waals surface area contributed by atoms with Gasteiger partial charge in [-0.15, -0.1) is 0 Å².